The molecule has 0 radical (unpaired) electrons. The number of carbonyl (C=O) groups is 1. The second kappa shape index (κ2) is 9.07. The maximum Gasteiger partial charge on any atom is 0.232 e. The number of ether oxygens (including phenoxy) is 3. The second-order valence-corrected chi connectivity index (χ2v) is 7.31. The zero-order valence-corrected chi connectivity index (χ0v) is 17.8. The van der Waals surface area contributed by atoms with Crippen LogP contribution in [-0.2, 0) is 4.79 Å². The Morgan fingerprint density at radius 3 is 2.42 bits per heavy atom. The molecule has 1 aliphatic heterocycles. The second-order valence-electron chi connectivity index (χ2n) is 7.31. The largest absolute Gasteiger partial charge is 0.497 e. The van der Waals surface area contributed by atoms with Crippen molar-refractivity contribution in [1.29, 1.82) is 0 Å². The lowest BCUT2D eigenvalue weighted by atomic mass is 10.1. The predicted molar refractivity (Wildman–Crippen MR) is 115 cm³/mol. The van der Waals surface area contributed by atoms with Gasteiger partial charge in [-0.3, -0.25) is 4.79 Å². The zero-order valence-electron chi connectivity index (χ0n) is 17.8. The van der Waals surface area contributed by atoms with E-state index >= 15 is 0 Å². The SMILES string of the molecule is CCCOc1ccc(-c2noc(C3CC(=O)N(c4cc(OC)cc(OC)c4)C3)n2)cc1. The average Bonchev–Trinajstić information content (AvgIpc) is 3.44. The fourth-order valence-electron chi connectivity index (χ4n) is 3.51. The molecule has 1 fully saturated rings. The van der Waals surface area contributed by atoms with Gasteiger partial charge in [-0.2, -0.15) is 4.98 Å². The molecule has 8 nitrogen and oxygen atoms in total. The maximum absolute atomic E-state index is 12.7. The van der Waals surface area contributed by atoms with Gasteiger partial charge in [-0.15, -0.1) is 0 Å². The van der Waals surface area contributed by atoms with Crippen LogP contribution in [0.15, 0.2) is 47.0 Å². The molecule has 1 saturated heterocycles. The summed E-state index contributed by atoms with van der Waals surface area (Å²) in [6, 6.07) is 13.0. The topological polar surface area (TPSA) is 86.9 Å². The minimum Gasteiger partial charge on any atom is -0.497 e. The van der Waals surface area contributed by atoms with E-state index in [-0.39, 0.29) is 11.8 Å². The fourth-order valence-corrected chi connectivity index (χ4v) is 3.51. The van der Waals surface area contributed by atoms with Gasteiger partial charge in [-0.05, 0) is 30.7 Å². The van der Waals surface area contributed by atoms with Gasteiger partial charge in [0.05, 0.1) is 32.4 Å². The van der Waals surface area contributed by atoms with E-state index in [4.69, 9.17) is 18.7 Å². The van der Waals surface area contributed by atoms with Crippen LogP contribution in [0.3, 0.4) is 0 Å². The third-order valence-electron chi connectivity index (χ3n) is 5.15. The van der Waals surface area contributed by atoms with E-state index in [2.05, 4.69) is 17.1 Å². The number of nitrogens with zero attached hydrogens (tertiary/aromatic N) is 3. The molecular formula is C23H25N3O5. The summed E-state index contributed by atoms with van der Waals surface area (Å²) in [6.07, 6.45) is 1.25. The quantitative estimate of drug-likeness (QED) is 0.540. The summed E-state index contributed by atoms with van der Waals surface area (Å²) >= 11 is 0. The summed E-state index contributed by atoms with van der Waals surface area (Å²) in [7, 11) is 3.16. The molecule has 1 aromatic heterocycles. The first-order valence-electron chi connectivity index (χ1n) is 10.2. The number of benzene rings is 2. The number of amides is 1. The van der Waals surface area contributed by atoms with Crippen LogP contribution in [0, 0.1) is 0 Å². The molecule has 2 heterocycles. The Labute approximate surface area is 180 Å². The van der Waals surface area contributed by atoms with Gasteiger partial charge in [-0.25, -0.2) is 0 Å². The highest BCUT2D eigenvalue weighted by atomic mass is 16.5. The monoisotopic (exact) mass is 423 g/mol. The highest BCUT2D eigenvalue weighted by molar-refractivity contribution is 5.96. The van der Waals surface area contributed by atoms with Crippen molar-refractivity contribution < 1.29 is 23.5 Å². The van der Waals surface area contributed by atoms with Crippen LogP contribution in [0.2, 0.25) is 0 Å². The van der Waals surface area contributed by atoms with Gasteiger partial charge in [0.1, 0.15) is 17.2 Å². The van der Waals surface area contributed by atoms with Gasteiger partial charge >= 0.3 is 0 Å². The number of hydrogen-bond donors (Lipinski definition) is 0. The molecule has 8 heteroatoms. The molecule has 1 amide bonds. The van der Waals surface area contributed by atoms with Crippen LogP contribution < -0.4 is 19.1 Å². The molecule has 1 unspecified atom stereocenters. The number of anilines is 1. The van der Waals surface area contributed by atoms with Crippen molar-refractivity contribution >= 4 is 11.6 Å². The van der Waals surface area contributed by atoms with Crippen molar-refractivity contribution in [2.45, 2.75) is 25.7 Å². The maximum atomic E-state index is 12.7. The van der Waals surface area contributed by atoms with Gasteiger partial charge in [0.15, 0.2) is 0 Å². The van der Waals surface area contributed by atoms with E-state index in [0.717, 1.165) is 17.7 Å². The first-order chi connectivity index (χ1) is 15.1. The summed E-state index contributed by atoms with van der Waals surface area (Å²) < 4.78 is 21.7. The summed E-state index contributed by atoms with van der Waals surface area (Å²) in [5.74, 6) is 2.79. The molecule has 162 valence electrons. The van der Waals surface area contributed by atoms with Crippen LogP contribution in [0.4, 0.5) is 5.69 Å². The van der Waals surface area contributed by atoms with Gasteiger partial charge in [-0.1, -0.05) is 12.1 Å². The predicted octanol–water partition coefficient (Wildman–Crippen LogP) is 4.06. The Bertz CT molecular complexity index is 1030. The van der Waals surface area contributed by atoms with E-state index < -0.39 is 0 Å². The summed E-state index contributed by atoms with van der Waals surface area (Å²) in [4.78, 5) is 18.9. The van der Waals surface area contributed by atoms with E-state index in [0.29, 0.717) is 48.5 Å². The number of hydrogen-bond acceptors (Lipinski definition) is 7. The average molecular weight is 423 g/mol. The Hall–Kier alpha value is -3.55. The van der Waals surface area contributed by atoms with E-state index in [1.807, 2.05) is 36.4 Å². The van der Waals surface area contributed by atoms with Crippen LogP contribution in [-0.4, -0.2) is 43.4 Å². The standard InChI is InChI=1S/C23H25N3O5/c1-4-9-30-18-7-5-15(6-8-18)22-24-23(31-25-22)16-10-21(27)26(14-16)17-11-19(28-2)13-20(12-17)29-3/h5-8,11-13,16H,4,9-10,14H2,1-3H3. The van der Waals surface area contributed by atoms with Crippen molar-refractivity contribution in [2.75, 3.05) is 32.3 Å². The lowest BCUT2D eigenvalue weighted by Gasteiger charge is -2.18. The lowest BCUT2D eigenvalue weighted by molar-refractivity contribution is -0.117. The molecule has 31 heavy (non-hydrogen) atoms. The normalized spacial score (nSPS) is 15.9. The Morgan fingerprint density at radius 2 is 1.77 bits per heavy atom. The van der Waals surface area contributed by atoms with Gasteiger partial charge in [0, 0.05) is 36.7 Å². The number of rotatable bonds is 8. The minimum atomic E-state index is -0.182. The molecule has 0 N–H and O–H groups in total. The van der Waals surface area contributed by atoms with Crippen LogP contribution in [0.1, 0.15) is 31.6 Å². The van der Waals surface area contributed by atoms with Crippen LogP contribution >= 0.6 is 0 Å². The van der Waals surface area contributed by atoms with E-state index in [1.54, 1.807) is 25.2 Å². The van der Waals surface area contributed by atoms with Crippen molar-refractivity contribution in [1.82, 2.24) is 10.1 Å². The van der Waals surface area contributed by atoms with Crippen molar-refractivity contribution in [3.05, 3.63) is 48.4 Å². The first kappa shape index (κ1) is 20.7. The molecule has 4 rings (SSSR count). The molecule has 0 aliphatic carbocycles. The first-order valence-corrected chi connectivity index (χ1v) is 10.2. The fraction of sp³-hybridized carbons (Fsp3) is 0.348. The summed E-state index contributed by atoms with van der Waals surface area (Å²) in [5, 5.41) is 4.10. The van der Waals surface area contributed by atoms with Crippen molar-refractivity contribution in [2.24, 2.45) is 0 Å². The molecule has 0 saturated carbocycles. The van der Waals surface area contributed by atoms with E-state index in [9.17, 15) is 4.79 Å². The number of methoxy groups -OCH3 is 2. The molecule has 3 aromatic rings. The molecular weight excluding hydrogens is 398 g/mol. The van der Waals surface area contributed by atoms with Crippen molar-refractivity contribution in [3.8, 4) is 28.6 Å². The Morgan fingerprint density at radius 1 is 1.06 bits per heavy atom. The van der Waals surface area contributed by atoms with Crippen molar-refractivity contribution in [3.63, 3.8) is 0 Å². The third kappa shape index (κ3) is 4.47. The van der Waals surface area contributed by atoms with Gasteiger partial charge in [0.25, 0.3) is 0 Å². The van der Waals surface area contributed by atoms with Crippen LogP contribution in [0.25, 0.3) is 11.4 Å². The molecule has 0 spiro atoms. The third-order valence-corrected chi connectivity index (χ3v) is 5.15. The molecule has 2 aromatic carbocycles. The van der Waals surface area contributed by atoms with Gasteiger partial charge in [0.2, 0.25) is 17.6 Å². The molecule has 1 atom stereocenters. The smallest absolute Gasteiger partial charge is 0.232 e. The minimum absolute atomic E-state index is 0.0162. The number of aromatic nitrogens is 2. The number of carbonyl (C=O) groups excluding carboxylic acids is 1. The molecule has 1 aliphatic rings. The highest BCUT2D eigenvalue weighted by Crippen LogP contribution is 2.35. The summed E-state index contributed by atoms with van der Waals surface area (Å²) in [6.45, 7) is 3.19. The Kier molecular flexibility index (Phi) is 6.06. The van der Waals surface area contributed by atoms with E-state index in [1.165, 1.54) is 0 Å². The van der Waals surface area contributed by atoms with Crippen LogP contribution in [0.5, 0.6) is 17.2 Å². The Balaban J connectivity index is 1.50. The summed E-state index contributed by atoms with van der Waals surface area (Å²) in [5.41, 5.74) is 1.55. The molecule has 0 bridgehead atoms. The highest BCUT2D eigenvalue weighted by Gasteiger charge is 2.35. The lowest BCUT2D eigenvalue weighted by Crippen LogP contribution is -2.24. The zero-order chi connectivity index (χ0) is 21.8. The van der Waals surface area contributed by atoms with Gasteiger partial charge < -0.3 is 23.6 Å².